The minimum absolute atomic E-state index is 0.0202. The van der Waals surface area contributed by atoms with Gasteiger partial charge in [-0.25, -0.2) is 13.1 Å². The SMILES string of the molecule is CN(C(=O)CNS(=O)(=O)c1cccc(C(F)(F)F)c1)C1CCNCC1. The Hall–Kier alpha value is -1.65. The Morgan fingerprint density at radius 1 is 1.32 bits per heavy atom. The van der Waals surface area contributed by atoms with Gasteiger partial charge in [-0.15, -0.1) is 0 Å². The van der Waals surface area contributed by atoms with Crippen LogP contribution in [0.25, 0.3) is 0 Å². The van der Waals surface area contributed by atoms with Crippen molar-refractivity contribution < 1.29 is 26.4 Å². The number of benzene rings is 1. The molecular weight excluding hydrogens is 359 g/mol. The molecule has 1 aromatic carbocycles. The van der Waals surface area contributed by atoms with Crippen molar-refractivity contribution in [2.75, 3.05) is 26.7 Å². The van der Waals surface area contributed by atoms with Crippen LogP contribution in [0, 0.1) is 0 Å². The number of alkyl halides is 3. The first-order valence-corrected chi connectivity index (χ1v) is 9.23. The highest BCUT2D eigenvalue weighted by atomic mass is 32.2. The molecule has 0 bridgehead atoms. The summed E-state index contributed by atoms with van der Waals surface area (Å²) in [5.74, 6) is -0.428. The van der Waals surface area contributed by atoms with E-state index in [1.54, 1.807) is 7.05 Å². The molecule has 1 aliphatic rings. The summed E-state index contributed by atoms with van der Waals surface area (Å²) in [6.45, 7) is 1.05. The lowest BCUT2D eigenvalue weighted by molar-refractivity contribution is -0.137. The number of amides is 1. The Morgan fingerprint density at radius 2 is 1.96 bits per heavy atom. The average Bonchev–Trinajstić information content (AvgIpc) is 2.59. The highest BCUT2D eigenvalue weighted by Crippen LogP contribution is 2.30. The number of likely N-dealkylation sites (N-methyl/N-ethyl adjacent to an activating group) is 1. The third-order valence-corrected chi connectivity index (χ3v) is 5.53. The lowest BCUT2D eigenvalue weighted by Crippen LogP contribution is -2.47. The molecule has 2 N–H and O–H groups in total. The van der Waals surface area contributed by atoms with E-state index in [0.29, 0.717) is 6.07 Å². The zero-order valence-corrected chi connectivity index (χ0v) is 14.5. The summed E-state index contributed by atoms with van der Waals surface area (Å²) in [5, 5.41) is 3.16. The zero-order valence-electron chi connectivity index (χ0n) is 13.6. The van der Waals surface area contributed by atoms with E-state index < -0.39 is 39.1 Å². The van der Waals surface area contributed by atoms with Gasteiger partial charge in [-0.3, -0.25) is 4.79 Å². The number of halogens is 3. The van der Waals surface area contributed by atoms with Gasteiger partial charge in [-0.05, 0) is 44.1 Å². The number of nitrogens with one attached hydrogen (secondary N) is 2. The Balaban J connectivity index is 2.02. The fraction of sp³-hybridized carbons (Fsp3) is 0.533. The first-order chi connectivity index (χ1) is 11.6. The topological polar surface area (TPSA) is 78.5 Å². The van der Waals surface area contributed by atoms with Crippen molar-refractivity contribution in [3.05, 3.63) is 29.8 Å². The molecule has 1 heterocycles. The molecule has 0 spiro atoms. The number of nitrogens with zero attached hydrogens (tertiary/aromatic N) is 1. The molecule has 1 aromatic rings. The van der Waals surface area contributed by atoms with E-state index >= 15 is 0 Å². The molecule has 1 saturated heterocycles. The van der Waals surface area contributed by atoms with Crippen molar-refractivity contribution in [2.45, 2.75) is 30.0 Å². The maximum Gasteiger partial charge on any atom is 0.416 e. The molecule has 2 rings (SSSR count). The monoisotopic (exact) mass is 379 g/mol. The van der Waals surface area contributed by atoms with Crippen LogP contribution in [0.4, 0.5) is 13.2 Å². The van der Waals surface area contributed by atoms with E-state index in [4.69, 9.17) is 0 Å². The van der Waals surface area contributed by atoms with Crippen molar-refractivity contribution in [1.29, 1.82) is 0 Å². The van der Waals surface area contributed by atoms with Gasteiger partial charge in [0.25, 0.3) is 0 Å². The number of carbonyl (C=O) groups excluding carboxylic acids is 1. The van der Waals surface area contributed by atoms with Crippen LogP contribution in [0.15, 0.2) is 29.2 Å². The molecule has 0 radical (unpaired) electrons. The number of carbonyl (C=O) groups is 1. The smallest absolute Gasteiger partial charge is 0.342 e. The number of sulfonamides is 1. The third kappa shape index (κ3) is 5.16. The molecule has 1 fully saturated rings. The first-order valence-electron chi connectivity index (χ1n) is 7.74. The highest BCUT2D eigenvalue weighted by molar-refractivity contribution is 7.89. The van der Waals surface area contributed by atoms with Gasteiger partial charge in [0.15, 0.2) is 0 Å². The van der Waals surface area contributed by atoms with Crippen molar-refractivity contribution in [3.8, 4) is 0 Å². The summed E-state index contributed by atoms with van der Waals surface area (Å²) < 4.78 is 64.5. The second-order valence-corrected chi connectivity index (χ2v) is 7.60. The maximum atomic E-state index is 12.7. The molecule has 0 unspecified atom stereocenters. The van der Waals surface area contributed by atoms with Gasteiger partial charge >= 0.3 is 6.18 Å². The van der Waals surface area contributed by atoms with Gasteiger partial charge in [0, 0.05) is 13.1 Å². The Kier molecular flexibility index (Phi) is 6.07. The van der Waals surface area contributed by atoms with E-state index in [1.807, 2.05) is 0 Å². The van der Waals surface area contributed by atoms with Crippen LogP contribution in [0.2, 0.25) is 0 Å². The Bertz CT molecular complexity index is 716. The van der Waals surface area contributed by atoms with E-state index in [-0.39, 0.29) is 6.04 Å². The van der Waals surface area contributed by atoms with Gasteiger partial charge < -0.3 is 10.2 Å². The quantitative estimate of drug-likeness (QED) is 0.806. The van der Waals surface area contributed by atoms with E-state index in [2.05, 4.69) is 10.0 Å². The van der Waals surface area contributed by atoms with Crippen molar-refractivity contribution in [3.63, 3.8) is 0 Å². The van der Waals surface area contributed by atoms with Crippen LogP contribution >= 0.6 is 0 Å². The fourth-order valence-electron chi connectivity index (χ4n) is 2.60. The standard InChI is InChI=1S/C15H20F3N3O3S/c1-21(12-5-7-19-8-6-12)14(22)10-20-25(23,24)13-4-2-3-11(9-13)15(16,17)18/h2-4,9,12,19-20H,5-8,10H2,1H3. The molecule has 0 atom stereocenters. The lowest BCUT2D eigenvalue weighted by atomic mass is 10.1. The maximum absolute atomic E-state index is 12.7. The van der Waals surface area contributed by atoms with Gasteiger partial charge in [0.1, 0.15) is 0 Å². The second kappa shape index (κ2) is 7.71. The van der Waals surface area contributed by atoms with Crippen LogP contribution in [-0.2, 0) is 21.0 Å². The minimum Gasteiger partial charge on any atom is -0.342 e. The van der Waals surface area contributed by atoms with Gasteiger partial charge in [0.05, 0.1) is 17.0 Å². The van der Waals surface area contributed by atoms with Crippen molar-refractivity contribution in [1.82, 2.24) is 14.9 Å². The Morgan fingerprint density at radius 3 is 2.56 bits per heavy atom. The molecule has 25 heavy (non-hydrogen) atoms. The van der Waals surface area contributed by atoms with Crippen LogP contribution in [0.1, 0.15) is 18.4 Å². The first kappa shape index (κ1) is 19.7. The van der Waals surface area contributed by atoms with Crippen LogP contribution in [0.3, 0.4) is 0 Å². The molecule has 0 saturated carbocycles. The van der Waals surface area contributed by atoms with Crippen LogP contribution < -0.4 is 10.0 Å². The largest absolute Gasteiger partial charge is 0.416 e. The molecule has 1 amide bonds. The minimum atomic E-state index is -4.64. The lowest BCUT2D eigenvalue weighted by Gasteiger charge is -2.31. The molecule has 10 heteroatoms. The van der Waals surface area contributed by atoms with E-state index in [0.717, 1.165) is 44.1 Å². The predicted molar refractivity (Wildman–Crippen MR) is 85.3 cm³/mol. The van der Waals surface area contributed by atoms with Gasteiger partial charge in [-0.2, -0.15) is 13.2 Å². The molecule has 6 nitrogen and oxygen atoms in total. The molecule has 0 aliphatic carbocycles. The van der Waals surface area contributed by atoms with Crippen molar-refractivity contribution >= 4 is 15.9 Å². The average molecular weight is 379 g/mol. The second-order valence-electron chi connectivity index (χ2n) is 5.84. The van der Waals surface area contributed by atoms with Crippen molar-refractivity contribution in [2.24, 2.45) is 0 Å². The number of rotatable bonds is 5. The Labute approximate surface area is 144 Å². The molecule has 140 valence electrons. The number of piperidine rings is 1. The predicted octanol–water partition coefficient (Wildman–Crippen LogP) is 1.19. The number of hydrogen-bond acceptors (Lipinski definition) is 4. The summed E-state index contributed by atoms with van der Waals surface area (Å²) in [4.78, 5) is 13.1. The highest BCUT2D eigenvalue weighted by Gasteiger charge is 2.32. The van der Waals surface area contributed by atoms with Crippen LogP contribution in [0.5, 0.6) is 0 Å². The third-order valence-electron chi connectivity index (χ3n) is 4.13. The van der Waals surface area contributed by atoms with Crippen LogP contribution in [-0.4, -0.2) is 51.9 Å². The summed E-state index contributed by atoms with van der Waals surface area (Å²) in [6.07, 6.45) is -3.11. The molecule has 1 aliphatic heterocycles. The molecule has 0 aromatic heterocycles. The van der Waals surface area contributed by atoms with E-state index in [9.17, 15) is 26.4 Å². The summed E-state index contributed by atoms with van der Waals surface area (Å²) in [6, 6.07) is 3.42. The summed E-state index contributed by atoms with van der Waals surface area (Å²) >= 11 is 0. The van der Waals surface area contributed by atoms with Gasteiger partial charge in [0.2, 0.25) is 15.9 Å². The zero-order chi connectivity index (χ0) is 18.7. The van der Waals surface area contributed by atoms with E-state index in [1.165, 1.54) is 4.90 Å². The summed E-state index contributed by atoms with van der Waals surface area (Å²) in [7, 11) is -2.62. The molecular formula is C15H20F3N3O3S. The summed E-state index contributed by atoms with van der Waals surface area (Å²) in [5.41, 5.74) is -1.06. The number of hydrogen-bond donors (Lipinski definition) is 2. The van der Waals surface area contributed by atoms with Gasteiger partial charge in [-0.1, -0.05) is 6.07 Å². The fourth-order valence-corrected chi connectivity index (χ4v) is 3.62. The normalized spacial score (nSPS) is 16.6.